The van der Waals surface area contributed by atoms with Crippen molar-refractivity contribution in [3.05, 3.63) is 393 Å². The first-order valence-electron chi connectivity index (χ1n) is 43.0. The van der Waals surface area contributed by atoms with E-state index >= 15 is 0 Å². The van der Waals surface area contributed by atoms with Gasteiger partial charge in [0, 0.05) is 99.3 Å². The molecule has 18 aromatic carbocycles. The summed E-state index contributed by atoms with van der Waals surface area (Å²) in [5, 5.41) is 10.5. The molecule has 576 valence electrons. The van der Waals surface area contributed by atoms with Crippen LogP contribution in [0.1, 0.15) is 16.7 Å². The van der Waals surface area contributed by atoms with Gasteiger partial charge in [-0.15, -0.1) is 0 Å². The Balaban J connectivity index is 0.0000000875. The Morgan fingerprint density at radius 1 is 0.218 bits per heavy atom. The topological polar surface area (TPSA) is 59.9 Å². The second kappa shape index (κ2) is 26.2. The molecular formula is C111H71B4N5O4. The van der Waals surface area contributed by atoms with Crippen LogP contribution in [-0.2, 0) is 0 Å². The summed E-state index contributed by atoms with van der Waals surface area (Å²) in [4.78, 5) is 2.37. The number of nitrogens with zero attached hydrogens (tertiary/aromatic N) is 5. The highest BCUT2D eigenvalue weighted by Gasteiger charge is 2.46. The Kier molecular flexibility index (Phi) is 14.6. The third-order valence-corrected chi connectivity index (χ3v) is 27.5. The van der Waals surface area contributed by atoms with E-state index in [9.17, 15) is 0 Å². The average Bonchev–Trinajstić information content (AvgIpc) is 1.50. The Labute approximate surface area is 716 Å². The molecule has 8 aliphatic rings. The molecule has 0 atom stereocenters. The number of rotatable bonds is 3. The van der Waals surface area contributed by atoms with Gasteiger partial charge < -0.3 is 42.1 Å². The van der Waals surface area contributed by atoms with Gasteiger partial charge in [-0.1, -0.05) is 260 Å². The zero-order valence-electron chi connectivity index (χ0n) is 68.0. The van der Waals surface area contributed by atoms with Crippen LogP contribution < -0.4 is 89.4 Å². The quantitative estimate of drug-likeness (QED) is 0.165. The fourth-order valence-electron chi connectivity index (χ4n) is 22.7. The van der Waals surface area contributed by atoms with Gasteiger partial charge in [0.05, 0.1) is 27.8 Å². The first-order valence-corrected chi connectivity index (χ1v) is 43.0. The fraction of sp³-hybridized carbons (Fsp3) is 0.0270. The number of hydrogen-bond donors (Lipinski definition) is 0. The molecule has 0 N–H and O–H groups in total. The molecule has 0 amide bonds. The number of aryl methyl sites for hydroxylation is 3. The number of fused-ring (bicyclic) bond motifs is 28. The van der Waals surface area contributed by atoms with Crippen LogP contribution in [0.4, 0.5) is 17.1 Å². The molecule has 22 aromatic rings. The summed E-state index contributed by atoms with van der Waals surface area (Å²) in [6.45, 7) is 7.40. The molecule has 0 spiro atoms. The van der Waals surface area contributed by atoms with E-state index in [4.69, 9.17) is 18.9 Å². The maximum atomic E-state index is 6.52. The summed E-state index contributed by atoms with van der Waals surface area (Å²) in [5.74, 6) is 7.70. The molecule has 8 aliphatic heterocycles. The van der Waals surface area contributed by atoms with Crippen LogP contribution in [0, 0.1) is 20.8 Å². The molecule has 0 fully saturated rings. The predicted molar refractivity (Wildman–Crippen MR) is 517 cm³/mol. The highest BCUT2D eigenvalue weighted by atomic mass is 16.5. The minimum atomic E-state index is 0.125. The third-order valence-electron chi connectivity index (χ3n) is 27.5. The Bertz CT molecular complexity index is 8380. The summed E-state index contributed by atoms with van der Waals surface area (Å²) in [6.07, 6.45) is 0. The number of aromatic nitrogens is 4. The lowest BCUT2D eigenvalue weighted by Crippen LogP contribution is -2.59. The standard InChI is InChI=1S/C36H23BN2O.3C25H16BNO/c1-3-12-24(13-4-1)38(25-14-5-2-6-15-25)31-21-10-17-27-26-16-9-19-29-35(26)39(36(27)31)30-20-11-23-33-34(30)37(29)28-18-7-8-22-32(28)40-33;1-15-13-17-16-7-2-4-9-20(16)27-21-10-6-12-23-24(21)26(19(14-15)25(17)27)18-8-3-5-11-22(18)28-23;1-15-13-14-17-16-7-2-4-9-19(16)27-20-10-6-12-22-24(20)26(23(15)25(17)27)18-8-3-5-11-21(18)28-22;1-15-13-14-18-25-23(15)16-7-2-4-9-19(16)27(25)20-10-6-12-22-24(20)26(18)17-8-3-5-11-21(17)28-22/h1-23H;3*2-14H,1H3. The average molecular weight is 1580 g/mol. The Hall–Kier alpha value is -15.6. The van der Waals surface area contributed by atoms with Crippen LogP contribution in [0.5, 0.6) is 46.0 Å². The van der Waals surface area contributed by atoms with Crippen LogP contribution >= 0.6 is 0 Å². The van der Waals surface area contributed by atoms with E-state index < -0.39 is 0 Å². The van der Waals surface area contributed by atoms with Crippen molar-refractivity contribution < 1.29 is 18.9 Å². The Morgan fingerprint density at radius 3 is 1.11 bits per heavy atom. The number of benzene rings is 18. The molecule has 4 aromatic heterocycles. The monoisotopic (exact) mass is 1580 g/mol. The molecule has 0 bridgehead atoms. The molecule has 30 rings (SSSR count). The molecule has 0 radical (unpaired) electrons. The van der Waals surface area contributed by atoms with E-state index in [1.54, 1.807) is 0 Å². The van der Waals surface area contributed by atoms with E-state index in [1.165, 1.54) is 192 Å². The lowest BCUT2D eigenvalue weighted by Gasteiger charge is -2.33. The van der Waals surface area contributed by atoms with Gasteiger partial charge in [-0.05, 0) is 219 Å². The number of para-hydroxylation sites is 11. The van der Waals surface area contributed by atoms with Gasteiger partial charge in [0.2, 0.25) is 0 Å². The maximum absolute atomic E-state index is 6.52. The van der Waals surface area contributed by atoms with E-state index in [2.05, 4.69) is 420 Å². The normalized spacial score (nSPS) is 13.2. The van der Waals surface area contributed by atoms with Crippen molar-refractivity contribution in [2.75, 3.05) is 4.90 Å². The van der Waals surface area contributed by atoms with Gasteiger partial charge >= 0.3 is 0 Å². The van der Waals surface area contributed by atoms with E-state index in [0.29, 0.717) is 0 Å². The predicted octanol–water partition coefficient (Wildman–Crippen LogP) is 19.3. The maximum Gasteiger partial charge on any atom is 0.256 e. The Morgan fingerprint density at radius 2 is 0.573 bits per heavy atom. The molecule has 13 heteroatoms. The van der Waals surface area contributed by atoms with Crippen molar-refractivity contribution in [1.82, 2.24) is 18.3 Å². The van der Waals surface area contributed by atoms with E-state index in [0.717, 1.165) is 63.1 Å². The van der Waals surface area contributed by atoms with E-state index in [1.807, 2.05) is 0 Å². The summed E-state index contributed by atoms with van der Waals surface area (Å²) < 4.78 is 35.4. The summed E-state index contributed by atoms with van der Waals surface area (Å²) in [5.41, 5.74) is 38.1. The van der Waals surface area contributed by atoms with Crippen molar-refractivity contribution in [2.24, 2.45) is 0 Å². The second-order valence-corrected chi connectivity index (χ2v) is 34.0. The molecule has 0 unspecified atom stereocenters. The van der Waals surface area contributed by atoms with Gasteiger partial charge in [0.25, 0.3) is 26.9 Å². The van der Waals surface area contributed by atoms with Gasteiger partial charge in [0.15, 0.2) is 0 Å². The minimum Gasteiger partial charge on any atom is -0.458 e. The second-order valence-electron chi connectivity index (χ2n) is 34.0. The molecule has 0 saturated carbocycles. The number of anilines is 3. The molecular weight excluding hydrogens is 1510 g/mol. The molecule has 12 heterocycles. The van der Waals surface area contributed by atoms with Gasteiger partial charge in [-0.2, -0.15) is 0 Å². The van der Waals surface area contributed by atoms with Gasteiger partial charge in [0.1, 0.15) is 46.0 Å². The highest BCUT2D eigenvalue weighted by molar-refractivity contribution is 7.01. The summed E-state index contributed by atoms with van der Waals surface area (Å²) in [6, 6.07) is 135. The van der Waals surface area contributed by atoms with E-state index in [-0.39, 0.29) is 26.9 Å². The van der Waals surface area contributed by atoms with Crippen LogP contribution in [0.2, 0.25) is 0 Å². The lowest BCUT2D eigenvalue weighted by molar-refractivity contribution is 0.487. The van der Waals surface area contributed by atoms with Crippen molar-refractivity contribution in [3.8, 4) is 68.7 Å². The molecule has 0 aliphatic carbocycles. The highest BCUT2D eigenvalue weighted by Crippen LogP contribution is 2.47. The number of hydrogen-bond acceptors (Lipinski definition) is 5. The summed E-state index contributed by atoms with van der Waals surface area (Å²) in [7, 11) is 0. The molecule has 0 saturated heterocycles. The minimum absolute atomic E-state index is 0.125. The van der Waals surface area contributed by atoms with Crippen LogP contribution in [0.25, 0.3) is 110 Å². The third kappa shape index (κ3) is 9.58. The fourth-order valence-corrected chi connectivity index (χ4v) is 22.7. The molecule has 124 heavy (non-hydrogen) atoms. The zero-order valence-corrected chi connectivity index (χ0v) is 68.0. The first kappa shape index (κ1) is 69.2. The van der Waals surface area contributed by atoms with Crippen LogP contribution in [-0.4, -0.2) is 45.1 Å². The smallest absolute Gasteiger partial charge is 0.256 e. The lowest BCUT2D eigenvalue weighted by atomic mass is 9.34. The van der Waals surface area contributed by atoms with Crippen molar-refractivity contribution in [3.63, 3.8) is 0 Å². The molecule has 9 nitrogen and oxygen atoms in total. The zero-order chi connectivity index (χ0) is 81.4. The summed E-state index contributed by atoms with van der Waals surface area (Å²) >= 11 is 0. The van der Waals surface area contributed by atoms with Gasteiger partial charge in [-0.25, -0.2) is 0 Å². The largest absolute Gasteiger partial charge is 0.458 e. The van der Waals surface area contributed by atoms with Crippen molar-refractivity contribution >= 4 is 197 Å². The van der Waals surface area contributed by atoms with Crippen LogP contribution in [0.15, 0.2) is 376 Å². The number of ether oxygens (including phenoxy) is 4. The van der Waals surface area contributed by atoms with Crippen molar-refractivity contribution in [2.45, 2.75) is 20.8 Å². The first-order chi connectivity index (χ1) is 61.3. The SMILES string of the molecule is Cc1cc2c3c(c1)c1ccccc1n3-c1cccc3c1B2c1ccccc1O3.Cc1ccc2c3c1c1ccccc1n3-c1cccc3c1B2c1ccccc1O3.Cc1ccc2c3ccccc3n3c2c1B1c2ccccc2Oc2cccc-3c21.c1ccc(N(c2ccccc2)c2cccc3c4cccc5c4n(c23)-c2cccc3c2B5c2ccccc2O3)cc1. The van der Waals surface area contributed by atoms with Crippen molar-refractivity contribution in [1.29, 1.82) is 0 Å². The van der Waals surface area contributed by atoms with Crippen LogP contribution in [0.3, 0.4) is 0 Å². The van der Waals surface area contributed by atoms with Gasteiger partial charge in [-0.3, -0.25) is 0 Å².